The molecule has 0 atom stereocenters. The largest absolute Gasteiger partial charge is 0.416 e. The summed E-state index contributed by atoms with van der Waals surface area (Å²) < 4.78 is 121. The topological polar surface area (TPSA) is 9.86 Å². The van der Waals surface area contributed by atoms with Gasteiger partial charge in [0.25, 0.3) is 0 Å². The number of nitrogens with zero attached hydrogens (tertiary/aromatic N) is 2. The number of hydrogen-bond acceptors (Lipinski definition) is 0. The lowest BCUT2D eigenvalue weighted by Gasteiger charge is -2.21. The quantitative estimate of drug-likeness (QED) is 0.0962. The molecule has 282 valence electrons. The van der Waals surface area contributed by atoms with Crippen LogP contribution in [0.2, 0.25) is 0 Å². The Morgan fingerprint density at radius 1 is 0.474 bits per heavy atom. The van der Waals surface area contributed by atoms with Crippen LogP contribution < -0.4 is 0 Å². The van der Waals surface area contributed by atoms with Crippen LogP contribution in [0.25, 0.3) is 77.2 Å². The molecular formula is C47H28F8N2. The minimum Gasteiger partial charge on any atom is -0.309 e. The Kier molecular flexibility index (Phi) is 7.25. The van der Waals surface area contributed by atoms with Gasteiger partial charge in [0.15, 0.2) is 23.3 Å². The van der Waals surface area contributed by atoms with Crippen LogP contribution in [0.3, 0.4) is 0 Å². The van der Waals surface area contributed by atoms with Gasteiger partial charge in [-0.3, -0.25) is 0 Å². The number of fused-ring (bicyclic) bond motifs is 9. The fraction of sp³-hybridized carbons (Fsp3) is 0.106. The van der Waals surface area contributed by atoms with E-state index < -0.39 is 52.0 Å². The predicted octanol–water partition coefficient (Wildman–Crippen LogP) is 13.9. The number of halogens is 8. The molecule has 10 heteroatoms. The summed E-state index contributed by atoms with van der Waals surface area (Å²) in [5.41, 5.74) is 4.22. The summed E-state index contributed by atoms with van der Waals surface area (Å²) >= 11 is 0. The van der Waals surface area contributed by atoms with Gasteiger partial charge in [0, 0.05) is 38.2 Å². The first-order valence-corrected chi connectivity index (χ1v) is 18.1. The molecule has 0 spiro atoms. The highest BCUT2D eigenvalue weighted by atomic mass is 19.4. The maximum atomic E-state index is 15.6. The smallest absolute Gasteiger partial charge is 0.309 e. The summed E-state index contributed by atoms with van der Waals surface area (Å²) in [6.45, 7) is 5.73. The lowest BCUT2D eigenvalue weighted by Crippen LogP contribution is -2.14. The summed E-state index contributed by atoms with van der Waals surface area (Å²) in [7, 11) is 0. The van der Waals surface area contributed by atoms with E-state index in [2.05, 4.69) is 48.7 Å². The van der Waals surface area contributed by atoms with Crippen LogP contribution in [-0.2, 0) is 11.6 Å². The van der Waals surface area contributed by atoms with Crippen molar-refractivity contribution in [2.45, 2.75) is 32.4 Å². The first kappa shape index (κ1) is 35.0. The van der Waals surface area contributed by atoms with Crippen molar-refractivity contribution in [3.63, 3.8) is 0 Å². The monoisotopic (exact) mass is 772 g/mol. The highest BCUT2D eigenvalue weighted by Crippen LogP contribution is 2.51. The van der Waals surface area contributed by atoms with Gasteiger partial charge in [0.2, 0.25) is 5.82 Å². The minimum atomic E-state index is -5.00. The van der Waals surface area contributed by atoms with E-state index in [0.717, 1.165) is 33.6 Å². The Balaban J connectivity index is 1.27. The van der Waals surface area contributed by atoms with Crippen LogP contribution >= 0.6 is 0 Å². The average Bonchev–Trinajstić information content (AvgIpc) is 3.78. The summed E-state index contributed by atoms with van der Waals surface area (Å²) in [6, 6.07) is 34.7. The number of benzene rings is 7. The zero-order valence-corrected chi connectivity index (χ0v) is 30.4. The van der Waals surface area contributed by atoms with Crippen LogP contribution in [0.5, 0.6) is 0 Å². The molecule has 1 aliphatic carbocycles. The maximum Gasteiger partial charge on any atom is 0.416 e. The van der Waals surface area contributed by atoms with Gasteiger partial charge in [0.1, 0.15) is 0 Å². The van der Waals surface area contributed by atoms with Gasteiger partial charge >= 0.3 is 6.18 Å². The Morgan fingerprint density at radius 2 is 1.04 bits per heavy atom. The molecular weight excluding hydrogens is 745 g/mol. The van der Waals surface area contributed by atoms with E-state index in [1.807, 2.05) is 48.5 Å². The number of alkyl halides is 3. The van der Waals surface area contributed by atoms with Gasteiger partial charge < -0.3 is 9.13 Å². The van der Waals surface area contributed by atoms with E-state index in [1.165, 1.54) is 33.7 Å². The molecule has 0 radical (unpaired) electrons. The van der Waals surface area contributed by atoms with E-state index in [1.54, 1.807) is 24.3 Å². The lowest BCUT2D eigenvalue weighted by molar-refractivity contribution is -0.137. The van der Waals surface area contributed by atoms with Gasteiger partial charge in [-0.25, -0.2) is 22.0 Å². The van der Waals surface area contributed by atoms with Gasteiger partial charge in [-0.15, -0.1) is 0 Å². The number of rotatable bonds is 3. The summed E-state index contributed by atoms with van der Waals surface area (Å²) in [5.74, 6) is -11.4. The SMILES string of the molecule is Cc1cc(C(F)(F)F)cc(-c2c(F)c(F)c(F)c(F)c2F)c1-n1c2ccccc2c2cc(-n3c4ccccc4c4cc5c(cc43)C(C)(C)c3ccccc3-5)ccc21. The maximum absolute atomic E-state index is 15.6. The molecule has 2 aromatic heterocycles. The van der Waals surface area contributed by atoms with E-state index in [-0.39, 0.29) is 16.7 Å². The summed E-state index contributed by atoms with van der Waals surface area (Å²) in [5, 5.41) is 3.38. The second-order valence-corrected chi connectivity index (χ2v) is 15.1. The number of aromatic nitrogens is 2. The lowest BCUT2D eigenvalue weighted by atomic mass is 9.82. The minimum absolute atomic E-state index is 0.102. The van der Waals surface area contributed by atoms with Gasteiger partial charge in [-0.1, -0.05) is 74.5 Å². The molecule has 0 amide bonds. The average molecular weight is 773 g/mol. The van der Waals surface area contributed by atoms with Crippen LogP contribution in [-0.4, -0.2) is 9.13 Å². The fourth-order valence-electron chi connectivity index (χ4n) is 9.05. The summed E-state index contributed by atoms with van der Waals surface area (Å²) in [6.07, 6.45) is -5.00. The highest BCUT2D eigenvalue weighted by molar-refractivity contribution is 6.14. The number of hydrogen-bond donors (Lipinski definition) is 0. The van der Waals surface area contributed by atoms with E-state index in [9.17, 15) is 26.3 Å². The molecule has 2 heterocycles. The Morgan fingerprint density at radius 3 is 1.70 bits per heavy atom. The van der Waals surface area contributed by atoms with Crippen LogP contribution in [0.4, 0.5) is 35.1 Å². The van der Waals surface area contributed by atoms with Crippen molar-refractivity contribution >= 4 is 43.6 Å². The Bertz CT molecular complexity index is 3190. The molecule has 7 aromatic carbocycles. The molecule has 0 unspecified atom stereocenters. The standard InChI is InChI=1S/C47H28F8N2/c1-23-18-24(47(53,54)55)19-32(39-40(48)42(50)44(52)43(51)41(39)49)45(23)57-36-15-9-6-11-27(36)30-20-25(16-17-37(30)57)56-35-14-8-5-12-28(35)31-21-29-26-10-4-7-13-33(26)46(2,3)34(29)22-38(31)56/h4-22H,1-3H3. The molecule has 0 fully saturated rings. The van der Waals surface area contributed by atoms with Crippen molar-refractivity contribution in [1.82, 2.24) is 9.13 Å². The summed E-state index contributed by atoms with van der Waals surface area (Å²) in [4.78, 5) is 0. The van der Waals surface area contributed by atoms with Crippen molar-refractivity contribution in [2.75, 3.05) is 0 Å². The van der Waals surface area contributed by atoms with Crippen molar-refractivity contribution in [3.05, 3.63) is 167 Å². The zero-order chi connectivity index (χ0) is 39.9. The molecule has 10 rings (SSSR count). The fourth-order valence-corrected chi connectivity index (χ4v) is 9.05. The van der Waals surface area contributed by atoms with Crippen molar-refractivity contribution in [2.24, 2.45) is 0 Å². The van der Waals surface area contributed by atoms with Crippen molar-refractivity contribution < 1.29 is 35.1 Å². The number of aryl methyl sites for hydroxylation is 1. The molecule has 0 bridgehead atoms. The third kappa shape index (κ3) is 4.76. The third-order valence-electron chi connectivity index (χ3n) is 11.6. The molecule has 2 nitrogen and oxygen atoms in total. The predicted molar refractivity (Wildman–Crippen MR) is 208 cm³/mol. The number of para-hydroxylation sites is 2. The van der Waals surface area contributed by atoms with Gasteiger partial charge in [-0.05, 0) is 89.3 Å². The molecule has 9 aromatic rings. The molecule has 1 aliphatic rings. The van der Waals surface area contributed by atoms with Crippen LogP contribution in [0, 0.1) is 36.0 Å². The third-order valence-corrected chi connectivity index (χ3v) is 11.6. The van der Waals surface area contributed by atoms with Crippen molar-refractivity contribution in [1.29, 1.82) is 0 Å². The van der Waals surface area contributed by atoms with Gasteiger partial charge in [-0.2, -0.15) is 13.2 Å². The highest BCUT2D eigenvalue weighted by Gasteiger charge is 2.37. The molecule has 0 saturated heterocycles. The van der Waals surface area contributed by atoms with Crippen LogP contribution in [0.15, 0.2) is 115 Å². The normalized spacial score (nSPS) is 13.7. The van der Waals surface area contributed by atoms with E-state index >= 15 is 8.78 Å². The van der Waals surface area contributed by atoms with E-state index in [4.69, 9.17) is 0 Å². The Labute approximate surface area is 319 Å². The first-order chi connectivity index (χ1) is 27.2. The molecule has 0 aliphatic heterocycles. The molecule has 0 saturated carbocycles. The van der Waals surface area contributed by atoms with Gasteiger partial charge in [0.05, 0.1) is 38.9 Å². The van der Waals surface area contributed by atoms with Crippen LogP contribution in [0.1, 0.15) is 36.1 Å². The molecule has 57 heavy (non-hydrogen) atoms. The zero-order valence-electron chi connectivity index (χ0n) is 30.4. The van der Waals surface area contributed by atoms with Crippen molar-refractivity contribution in [3.8, 4) is 33.6 Å². The first-order valence-electron chi connectivity index (χ1n) is 18.1. The van der Waals surface area contributed by atoms with E-state index in [0.29, 0.717) is 27.9 Å². The molecule has 0 N–H and O–H groups in total. The second kappa shape index (κ2) is 11.8. The second-order valence-electron chi connectivity index (χ2n) is 15.1. The Hall–Kier alpha value is -6.42.